The second-order valence-corrected chi connectivity index (χ2v) is 5.19. The lowest BCUT2D eigenvalue weighted by molar-refractivity contribution is 0.859. The predicted molar refractivity (Wildman–Crippen MR) is 81.3 cm³/mol. The van der Waals surface area contributed by atoms with Crippen LogP contribution < -0.4 is 0 Å². The zero-order chi connectivity index (χ0) is 13.2. The summed E-state index contributed by atoms with van der Waals surface area (Å²) in [7, 11) is 0. The van der Waals surface area contributed by atoms with Crippen molar-refractivity contribution in [1.29, 1.82) is 0 Å². The maximum absolute atomic E-state index is 4.39. The van der Waals surface area contributed by atoms with Crippen LogP contribution in [0, 0.1) is 0 Å². The van der Waals surface area contributed by atoms with Gasteiger partial charge in [-0.1, -0.05) is 56.3 Å². The zero-order valence-corrected chi connectivity index (χ0v) is 11.3. The monoisotopic (exact) mass is 247 g/mol. The average Bonchev–Trinajstić information content (AvgIpc) is 2.47. The molecule has 1 aromatic heterocycles. The summed E-state index contributed by atoms with van der Waals surface area (Å²) in [5, 5.41) is 2.56. The fourth-order valence-corrected chi connectivity index (χ4v) is 2.40. The van der Waals surface area contributed by atoms with Crippen molar-refractivity contribution in [2.75, 3.05) is 0 Å². The van der Waals surface area contributed by atoms with Gasteiger partial charge in [-0.05, 0) is 33.9 Å². The average molecular weight is 247 g/mol. The molecule has 1 nitrogen and oxygen atoms in total. The number of rotatable bonds is 2. The smallest absolute Gasteiger partial charge is 0.0346 e. The topological polar surface area (TPSA) is 12.9 Å². The molecule has 0 saturated heterocycles. The van der Waals surface area contributed by atoms with E-state index in [1.54, 1.807) is 0 Å². The van der Waals surface area contributed by atoms with Crippen molar-refractivity contribution in [2.24, 2.45) is 0 Å². The van der Waals surface area contributed by atoms with Gasteiger partial charge in [0.15, 0.2) is 0 Å². The number of pyridine rings is 1. The van der Waals surface area contributed by atoms with Gasteiger partial charge in [-0.2, -0.15) is 0 Å². The highest BCUT2D eigenvalue weighted by Gasteiger charge is 2.06. The van der Waals surface area contributed by atoms with Crippen LogP contribution in [0.1, 0.15) is 25.3 Å². The maximum atomic E-state index is 4.39. The summed E-state index contributed by atoms with van der Waals surface area (Å²) < 4.78 is 0. The standard InChI is InChI=1S/C18H17N/c1-13(2)15-10-16(12-19-11-15)18-9-5-7-14-6-3-4-8-17(14)18/h3-13H,1-2H3. The summed E-state index contributed by atoms with van der Waals surface area (Å²) in [5.41, 5.74) is 3.74. The van der Waals surface area contributed by atoms with Gasteiger partial charge in [0.1, 0.15) is 0 Å². The first-order chi connectivity index (χ1) is 9.25. The lowest BCUT2D eigenvalue weighted by Gasteiger charge is -2.10. The minimum atomic E-state index is 0.502. The Labute approximate surface area is 113 Å². The van der Waals surface area contributed by atoms with Gasteiger partial charge in [-0.25, -0.2) is 0 Å². The molecule has 0 radical (unpaired) electrons. The first kappa shape index (κ1) is 11.9. The third-order valence-corrected chi connectivity index (χ3v) is 3.53. The Morgan fingerprint density at radius 1 is 0.895 bits per heavy atom. The first-order valence-electron chi connectivity index (χ1n) is 6.69. The van der Waals surface area contributed by atoms with Gasteiger partial charge in [0.25, 0.3) is 0 Å². The number of aromatic nitrogens is 1. The molecule has 0 bridgehead atoms. The molecule has 3 aromatic rings. The molecule has 0 aliphatic carbocycles. The van der Waals surface area contributed by atoms with Crippen LogP contribution in [-0.4, -0.2) is 4.98 Å². The first-order valence-corrected chi connectivity index (χ1v) is 6.69. The predicted octanol–water partition coefficient (Wildman–Crippen LogP) is 5.03. The van der Waals surface area contributed by atoms with E-state index in [1.807, 2.05) is 12.4 Å². The van der Waals surface area contributed by atoms with E-state index in [0.29, 0.717) is 5.92 Å². The summed E-state index contributed by atoms with van der Waals surface area (Å²) in [6.45, 7) is 4.40. The van der Waals surface area contributed by atoms with E-state index in [4.69, 9.17) is 0 Å². The zero-order valence-electron chi connectivity index (χ0n) is 11.3. The summed E-state index contributed by atoms with van der Waals surface area (Å²) in [5.74, 6) is 0.502. The van der Waals surface area contributed by atoms with Gasteiger partial charge < -0.3 is 0 Å². The minimum absolute atomic E-state index is 0.502. The van der Waals surface area contributed by atoms with Gasteiger partial charge >= 0.3 is 0 Å². The van der Waals surface area contributed by atoms with Crippen molar-refractivity contribution >= 4 is 10.8 Å². The van der Waals surface area contributed by atoms with Gasteiger partial charge in [0.2, 0.25) is 0 Å². The molecule has 0 spiro atoms. The van der Waals surface area contributed by atoms with Crippen LogP contribution >= 0.6 is 0 Å². The number of nitrogens with zero attached hydrogens (tertiary/aromatic N) is 1. The second kappa shape index (κ2) is 4.85. The molecule has 0 aliphatic rings. The van der Waals surface area contributed by atoms with Crippen LogP contribution in [0.3, 0.4) is 0 Å². The van der Waals surface area contributed by atoms with E-state index in [9.17, 15) is 0 Å². The quantitative estimate of drug-likeness (QED) is 0.619. The molecule has 0 aliphatic heterocycles. The van der Waals surface area contributed by atoms with Crippen LogP contribution in [-0.2, 0) is 0 Å². The van der Waals surface area contributed by atoms with E-state index in [2.05, 4.69) is 67.4 Å². The van der Waals surface area contributed by atoms with E-state index in [-0.39, 0.29) is 0 Å². The molecule has 0 N–H and O–H groups in total. The van der Waals surface area contributed by atoms with Gasteiger partial charge in [-0.15, -0.1) is 0 Å². The van der Waals surface area contributed by atoms with Crippen molar-refractivity contribution in [3.63, 3.8) is 0 Å². The molecule has 94 valence electrons. The highest BCUT2D eigenvalue weighted by atomic mass is 14.6. The van der Waals surface area contributed by atoms with Gasteiger partial charge in [0.05, 0.1) is 0 Å². The Kier molecular flexibility index (Phi) is 3.04. The van der Waals surface area contributed by atoms with Crippen molar-refractivity contribution in [2.45, 2.75) is 19.8 Å². The summed E-state index contributed by atoms with van der Waals surface area (Å²) in [6.07, 6.45) is 3.91. The highest BCUT2D eigenvalue weighted by molar-refractivity contribution is 5.96. The van der Waals surface area contributed by atoms with Crippen molar-refractivity contribution < 1.29 is 0 Å². The molecule has 0 atom stereocenters. The number of hydrogen-bond acceptors (Lipinski definition) is 1. The highest BCUT2D eigenvalue weighted by Crippen LogP contribution is 2.29. The molecule has 0 amide bonds. The maximum Gasteiger partial charge on any atom is 0.0346 e. The largest absolute Gasteiger partial charge is 0.264 e. The van der Waals surface area contributed by atoms with Crippen LogP contribution in [0.4, 0.5) is 0 Å². The molecule has 1 heteroatoms. The lowest BCUT2D eigenvalue weighted by Crippen LogP contribution is -1.90. The van der Waals surface area contributed by atoms with E-state index in [1.165, 1.54) is 27.5 Å². The fourth-order valence-electron chi connectivity index (χ4n) is 2.40. The fraction of sp³-hybridized carbons (Fsp3) is 0.167. The normalized spacial score (nSPS) is 11.1. The van der Waals surface area contributed by atoms with Crippen molar-refractivity contribution in [3.8, 4) is 11.1 Å². The Morgan fingerprint density at radius 3 is 2.53 bits per heavy atom. The second-order valence-electron chi connectivity index (χ2n) is 5.19. The Balaban J connectivity index is 2.22. The van der Waals surface area contributed by atoms with Crippen LogP contribution in [0.2, 0.25) is 0 Å². The molecular formula is C18H17N. The lowest BCUT2D eigenvalue weighted by atomic mass is 9.96. The number of fused-ring (bicyclic) bond motifs is 1. The Hall–Kier alpha value is -2.15. The molecule has 0 fully saturated rings. The Morgan fingerprint density at radius 2 is 1.68 bits per heavy atom. The van der Waals surface area contributed by atoms with E-state index in [0.717, 1.165) is 0 Å². The summed E-state index contributed by atoms with van der Waals surface area (Å²) >= 11 is 0. The Bertz CT molecular complexity index is 708. The molecular weight excluding hydrogens is 230 g/mol. The number of benzene rings is 2. The molecule has 0 saturated carbocycles. The molecule has 3 rings (SSSR count). The van der Waals surface area contributed by atoms with Gasteiger partial charge in [-0.3, -0.25) is 4.98 Å². The SMILES string of the molecule is CC(C)c1cncc(-c2cccc3ccccc23)c1. The molecule has 0 unspecified atom stereocenters. The molecule has 19 heavy (non-hydrogen) atoms. The van der Waals surface area contributed by atoms with Crippen LogP contribution in [0.5, 0.6) is 0 Å². The third-order valence-electron chi connectivity index (χ3n) is 3.53. The van der Waals surface area contributed by atoms with Crippen molar-refractivity contribution in [3.05, 3.63) is 66.5 Å². The minimum Gasteiger partial charge on any atom is -0.264 e. The van der Waals surface area contributed by atoms with E-state index >= 15 is 0 Å². The van der Waals surface area contributed by atoms with Crippen LogP contribution in [0.25, 0.3) is 21.9 Å². The van der Waals surface area contributed by atoms with Gasteiger partial charge in [0, 0.05) is 18.0 Å². The van der Waals surface area contributed by atoms with Crippen LogP contribution in [0.15, 0.2) is 60.9 Å². The summed E-state index contributed by atoms with van der Waals surface area (Å²) in [4.78, 5) is 4.39. The molecule has 1 heterocycles. The summed E-state index contributed by atoms with van der Waals surface area (Å²) in [6, 6.07) is 17.2. The number of hydrogen-bond donors (Lipinski definition) is 0. The molecule has 2 aromatic carbocycles. The third kappa shape index (κ3) is 2.24. The van der Waals surface area contributed by atoms with E-state index < -0.39 is 0 Å². The van der Waals surface area contributed by atoms with Crippen molar-refractivity contribution in [1.82, 2.24) is 4.98 Å².